The monoisotopic (exact) mass is 380 g/mol. The number of esters is 1. The van der Waals surface area contributed by atoms with Crippen LogP contribution in [0.5, 0.6) is 0 Å². The van der Waals surface area contributed by atoms with Crippen LogP contribution in [0.2, 0.25) is 0 Å². The van der Waals surface area contributed by atoms with Crippen LogP contribution in [0.4, 0.5) is 0 Å². The number of hydrogen-bond donors (Lipinski definition) is 1. The van der Waals surface area contributed by atoms with E-state index in [0.717, 1.165) is 47.0 Å². The molecule has 1 aromatic carbocycles. The van der Waals surface area contributed by atoms with E-state index in [1.165, 1.54) is 7.11 Å². The summed E-state index contributed by atoms with van der Waals surface area (Å²) in [5.41, 5.74) is 2.31. The lowest BCUT2D eigenvalue weighted by Crippen LogP contribution is -2.18. The van der Waals surface area contributed by atoms with Crippen LogP contribution in [-0.4, -0.2) is 34.3 Å². The number of benzene rings is 1. The van der Waals surface area contributed by atoms with Gasteiger partial charge in [-0.15, -0.1) is 0 Å². The third kappa shape index (κ3) is 3.02. The average Bonchev–Trinajstić information content (AvgIpc) is 2.90. The van der Waals surface area contributed by atoms with Crippen molar-refractivity contribution in [3.63, 3.8) is 0 Å². The molecule has 0 spiro atoms. The van der Waals surface area contributed by atoms with Crippen molar-refractivity contribution in [3.05, 3.63) is 28.0 Å². The molecule has 124 valence electrons. The van der Waals surface area contributed by atoms with Gasteiger partial charge in [0.05, 0.1) is 23.7 Å². The van der Waals surface area contributed by atoms with Crippen LogP contribution < -0.4 is 0 Å². The maximum Gasteiger partial charge on any atom is 0.339 e. The molecule has 23 heavy (non-hydrogen) atoms. The summed E-state index contributed by atoms with van der Waals surface area (Å²) in [6, 6.07) is 3.71. The molecule has 3 rings (SSSR count). The maximum atomic E-state index is 11.8. The topological polar surface area (TPSA) is 64.3 Å². The van der Waals surface area contributed by atoms with E-state index in [-0.39, 0.29) is 12.6 Å². The number of ether oxygens (including phenoxy) is 1. The summed E-state index contributed by atoms with van der Waals surface area (Å²) in [5.74, 6) is 1.54. The molecule has 0 aliphatic heterocycles. The number of fused-ring (bicyclic) bond motifs is 1. The van der Waals surface area contributed by atoms with E-state index in [2.05, 4.69) is 20.5 Å². The first-order valence-electron chi connectivity index (χ1n) is 7.90. The van der Waals surface area contributed by atoms with Crippen molar-refractivity contribution in [2.45, 2.75) is 31.6 Å². The van der Waals surface area contributed by atoms with Gasteiger partial charge in [-0.1, -0.05) is 0 Å². The molecular formula is C17H21BrN2O3. The number of carbonyl (C=O) groups excluding carboxylic acids is 1. The average molecular weight is 381 g/mol. The van der Waals surface area contributed by atoms with Gasteiger partial charge in [-0.2, -0.15) is 0 Å². The Balaban J connectivity index is 1.97. The Morgan fingerprint density at radius 2 is 2.09 bits per heavy atom. The van der Waals surface area contributed by atoms with Gasteiger partial charge in [-0.05, 0) is 59.7 Å². The lowest BCUT2D eigenvalue weighted by atomic mass is 9.82. The summed E-state index contributed by atoms with van der Waals surface area (Å²) in [5, 5.41) is 9.28. The number of aliphatic hydroxyl groups excluding tert-OH is 1. The Morgan fingerprint density at radius 3 is 2.70 bits per heavy atom. The first-order valence-corrected chi connectivity index (χ1v) is 8.69. The van der Waals surface area contributed by atoms with Crippen LogP contribution >= 0.6 is 15.9 Å². The molecule has 0 unspecified atom stereocenters. The highest BCUT2D eigenvalue weighted by Crippen LogP contribution is 2.36. The Morgan fingerprint density at radius 1 is 1.39 bits per heavy atom. The second kappa shape index (κ2) is 6.61. The number of aliphatic hydroxyl groups is 1. The van der Waals surface area contributed by atoms with Crippen LogP contribution in [0.25, 0.3) is 11.0 Å². The van der Waals surface area contributed by atoms with Crippen LogP contribution in [-0.2, 0) is 11.8 Å². The number of hydrogen-bond acceptors (Lipinski definition) is 4. The second-order valence-corrected chi connectivity index (χ2v) is 7.10. The number of carbonyl (C=O) groups is 1. The zero-order valence-corrected chi connectivity index (χ0v) is 15.0. The van der Waals surface area contributed by atoms with E-state index in [1.54, 1.807) is 6.07 Å². The minimum Gasteiger partial charge on any atom is -0.465 e. The molecule has 1 heterocycles. The van der Waals surface area contributed by atoms with Crippen LogP contribution in [0, 0.1) is 5.92 Å². The Bertz CT molecular complexity index is 733. The summed E-state index contributed by atoms with van der Waals surface area (Å²) in [7, 11) is 3.40. The summed E-state index contributed by atoms with van der Waals surface area (Å²) < 4.78 is 7.65. The van der Waals surface area contributed by atoms with Crippen LogP contribution in [0.3, 0.4) is 0 Å². The number of nitrogens with zero attached hydrogens (tertiary/aromatic N) is 2. The van der Waals surface area contributed by atoms with Crippen molar-refractivity contribution >= 4 is 32.9 Å². The van der Waals surface area contributed by atoms with Gasteiger partial charge in [0.15, 0.2) is 0 Å². The maximum absolute atomic E-state index is 11.8. The van der Waals surface area contributed by atoms with Crippen LogP contribution in [0.15, 0.2) is 16.6 Å². The van der Waals surface area contributed by atoms with E-state index in [0.29, 0.717) is 17.4 Å². The van der Waals surface area contributed by atoms with E-state index in [9.17, 15) is 9.90 Å². The molecule has 0 atom stereocenters. The molecule has 0 saturated heterocycles. The third-order valence-corrected chi connectivity index (χ3v) is 5.54. The second-order valence-electron chi connectivity index (χ2n) is 6.24. The Kier molecular flexibility index (Phi) is 4.73. The Labute approximate surface area is 143 Å². The molecule has 0 amide bonds. The molecule has 1 aliphatic carbocycles. The van der Waals surface area contributed by atoms with Gasteiger partial charge in [0, 0.05) is 24.0 Å². The van der Waals surface area contributed by atoms with Crippen molar-refractivity contribution in [2.24, 2.45) is 13.0 Å². The van der Waals surface area contributed by atoms with Gasteiger partial charge in [-0.25, -0.2) is 9.78 Å². The first-order chi connectivity index (χ1) is 11.0. The zero-order chi connectivity index (χ0) is 16.6. The quantitative estimate of drug-likeness (QED) is 0.828. The number of aryl methyl sites for hydroxylation is 1. The smallest absolute Gasteiger partial charge is 0.339 e. The molecule has 0 radical (unpaired) electrons. The SMILES string of the molecule is COC(=O)c1cc2nc([C@H]3CC[C@H](CO)CC3)n(C)c2cc1Br. The third-order valence-electron chi connectivity index (χ3n) is 4.88. The minimum absolute atomic E-state index is 0.282. The Hall–Kier alpha value is -1.40. The fraction of sp³-hybridized carbons (Fsp3) is 0.529. The molecule has 1 aliphatic rings. The van der Waals surface area contributed by atoms with Gasteiger partial charge in [0.25, 0.3) is 0 Å². The lowest BCUT2D eigenvalue weighted by Gasteiger charge is -2.26. The van der Waals surface area contributed by atoms with E-state index in [4.69, 9.17) is 9.72 Å². The van der Waals surface area contributed by atoms with Crippen molar-refractivity contribution in [1.29, 1.82) is 0 Å². The molecule has 1 fully saturated rings. The number of aromatic nitrogens is 2. The van der Waals surface area contributed by atoms with Crippen molar-refractivity contribution in [1.82, 2.24) is 9.55 Å². The molecule has 1 saturated carbocycles. The molecular weight excluding hydrogens is 360 g/mol. The number of methoxy groups -OCH3 is 1. The number of halogens is 1. The fourth-order valence-corrected chi connectivity index (χ4v) is 3.96. The normalized spacial score (nSPS) is 21.6. The summed E-state index contributed by atoms with van der Waals surface area (Å²) in [6.07, 6.45) is 4.18. The predicted octanol–water partition coefficient (Wildman–Crippen LogP) is 3.39. The molecule has 1 aromatic heterocycles. The van der Waals surface area contributed by atoms with Gasteiger partial charge in [0.1, 0.15) is 5.82 Å². The van der Waals surface area contributed by atoms with Crippen molar-refractivity contribution in [3.8, 4) is 0 Å². The molecule has 5 nitrogen and oxygen atoms in total. The molecule has 2 aromatic rings. The number of rotatable bonds is 3. The summed E-state index contributed by atoms with van der Waals surface area (Å²) in [6.45, 7) is 0.282. The summed E-state index contributed by atoms with van der Waals surface area (Å²) >= 11 is 3.45. The van der Waals surface area contributed by atoms with Crippen LogP contribution in [0.1, 0.15) is 47.8 Å². The van der Waals surface area contributed by atoms with Gasteiger partial charge in [0.2, 0.25) is 0 Å². The van der Waals surface area contributed by atoms with E-state index in [1.807, 2.05) is 13.1 Å². The highest BCUT2D eigenvalue weighted by molar-refractivity contribution is 9.10. The molecule has 1 N–H and O–H groups in total. The highest BCUT2D eigenvalue weighted by atomic mass is 79.9. The first kappa shape index (κ1) is 16.5. The highest BCUT2D eigenvalue weighted by Gasteiger charge is 2.26. The molecule has 6 heteroatoms. The standard InChI is InChI=1S/C17H21BrN2O3/c1-20-15-8-13(18)12(17(22)23-2)7-14(15)19-16(20)11-5-3-10(9-21)4-6-11/h7-8,10-11,21H,3-6,9H2,1-2H3/t10-,11-. The molecule has 0 bridgehead atoms. The van der Waals surface area contributed by atoms with E-state index >= 15 is 0 Å². The largest absolute Gasteiger partial charge is 0.465 e. The zero-order valence-electron chi connectivity index (χ0n) is 13.4. The minimum atomic E-state index is -0.366. The fourth-order valence-electron chi connectivity index (χ4n) is 3.47. The van der Waals surface area contributed by atoms with Crippen molar-refractivity contribution < 1.29 is 14.6 Å². The summed E-state index contributed by atoms with van der Waals surface area (Å²) in [4.78, 5) is 16.6. The predicted molar refractivity (Wildman–Crippen MR) is 91.5 cm³/mol. The lowest BCUT2D eigenvalue weighted by molar-refractivity contribution is 0.0600. The van der Waals surface area contributed by atoms with Crippen molar-refractivity contribution in [2.75, 3.05) is 13.7 Å². The van der Waals surface area contributed by atoms with Gasteiger partial charge in [-0.3, -0.25) is 0 Å². The van der Waals surface area contributed by atoms with Gasteiger partial charge >= 0.3 is 5.97 Å². The van der Waals surface area contributed by atoms with E-state index < -0.39 is 0 Å². The number of imidazole rings is 1. The van der Waals surface area contributed by atoms with Gasteiger partial charge < -0.3 is 14.4 Å².